The molecule has 0 saturated heterocycles. The number of rotatable bonds is 4. The second-order valence-electron chi connectivity index (χ2n) is 3.81. The standard InChI is InChI=1S/C10H17N3O3/c1-5-9(7(3)16-13-5)10(15)12-4-8(11)6(2)14/h6,8,14H,4,11H2,1-3H3,(H,12,15). The Labute approximate surface area is 93.8 Å². The average molecular weight is 227 g/mol. The van der Waals surface area contributed by atoms with Crippen molar-refractivity contribution in [2.24, 2.45) is 5.73 Å². The Morgan fingerprint density at radius 1 is 1.62 bits per heavy atom. The van der Waals surface area contributed by atoms with Crippen molar-refractivity contribution in [1.29, 1.82) is 0 Å². The molecule has 0 spiro atoms. The van der Waals surface area contributed by atoms with E-state index in [1.165, 1.54) is 0 Å². The fourth-order valence-corrected chi connectivity index (χ4v) is 1.28. The van der Waals surface area contributed by atoms with Gasteiger partial charge in [0, 0.05) is 12.6 Å². The fraction of sp³-hybridized carbons (Fsp3) is 0.600. The lowest BCUT2D eigenvalue weighted by atomic mass is 10.1. The molecule has 0 aromatic carbocycles. The molecule has 1 heterocycles. The second-order valence-corrected chi connectivity index (χ2v) is 3.81. The Bertz CT molecular complexity index is 354. The Hall–Kier alpha value is -1.40. The van der Waals surface area contributed by atoms with E-state index >= 15 is 0 Å². The van der Waals surface area contributed by atoms with Crippen molar-refractivity contribution in [1.82, 2.24) is 10.5 Å². The molecule has 2 atom stereocenters. The number of carbonyl (C=O) groups is 1. The molecule has 0 aliphatic rings. The number of nitrogens with two attached hydrogens (primary N) is 1. The van der Waals surface area contributed by atoms with Crippen molar-refractivity contribution in [3.63, 3.8) is 0 Å². The molecule has 1 rings (SSSR count). The summed E-state index contributed by atoms with van der Waals surface area (Å²) in [5, 5.41) is 15.5. The molecule has 0 aliphatic carbocycles. The van der Waals surface area contributed by atoms with Crippen LogP contribution in [0.25, 0.3) is 0 Å². The SMILES string of the molecule is Cc1noc(C)c1C(=O)NCC(N)C(C)O. The van der Waals surface area contributed by atoms with E-state index in [0.717, 1.165) is 0 Å². The molecule has 16 heavy (non-hydrogen) atoms. The van der Waals surface area contributed by atoms with Gasteiger partial charge in [0.25, 0.3) is 5.91 Å². The summed E-state index contributed by atoms with van der Waals surface area (Å²) >= 11 is 0. The van der Waals surface area contributed by atoms with E-state index < -0.39 is 12.1 Å². The maximum atomic E-state index is 11.7. The molecule has 0 saturated carbocycles. The molecule has 90 valence electrons. The zero-order chi connectivity index (χ0) is 12.3. The lowest BCUT2D eigenvalue weighted by molar-refractivity contribution is 0.0935. The van der Waals surface area contributed by atoms with Crippen LogP contribution in [0.4, 0.5) is 0 Å². The highest BCUT2D eigenvalue weighted by Crippen LogP contribution is 2.11. The molecule has 2 unspecified atom stereocenters. The molecule has 0 radical (unpaired) electrons. The zero-order valence-corrected chi connectivity index (χ0v) is 9.65. The number of aryl methyl sites for hydroxylation is 2. The molecule has 1 amide bonds. The second kappa shape index (κ2) is 5.09. The van der Waals surface area contributed by atoms with E-state index in [0.29, 0.717) is 17.0 Å². The van der Waals surface area contributed by atoms with Gasteiger partial charge in [-0.15, -0.1) is 0 Å². The molecule has 4 N–H and O–H groups in total. The van der Waals surface area contributed by atoms with Gasteiger partial charge in [-0.2, -0.15) is 0 Å². The van der Waals surface area contributed by atoms with Crippen LogP contribution in [-0.4, -0.2) is 34.9 Å². The number of nitrogens with one attached hydrogen (secondary N) is 1. The molecule has 1 aromatic heterocycles. The first-order valence-electron chi connectivity index (χ1n) is 5.08. The average Bonchev–Trinajstić information content (AvgIpc) is 2.54. The third kappa shape index (κ3) is 2.80. The Kier molecular flexibility index (Phi) is 4.03. The number of aromatic nitrogens is 1. The van der Waals surface area contributed by atoms with E-state index in [2.05, 4.69) is 10.5 Å². The summed E-state index contributed by atoms with van der Waals surface area (Å²) in [4.78, 5) is 11.7. The Morgan fingerprint density at radius 3 is 2.69 bits per heavy atom. The third-order valence-electron chi connectivity index (χ3n) is 2.38. The third-order valence-corrected chi connectivity index (χ3v) is 2.38. The van der Waals surface area contributed by atoms with Gasteiger partial charge in [0.05, 0.1) is 11.8 Å². The minimum absolute atomic E-state index is 0.209. The minimum atomic E-state index is -0.662. The van der Waals surface area contributed by atoms with Gasteiger partial charge < -0.3 is 20.7 Å². The lowest BCUT2D eigenvalue weighted by Gasteiger charge is -2.15. The van der Waals surface area contributed by atoms with Crippen LogP contribution in [0.15, 0.2) is 4.52 Å². The predicted molar refractivity (Wildman–Crippen MR) is 58.0 cm³/mol. The number of aliphatic hydroxyl groups excluding tert-OH is 1. The fourth-order valence-electron chi connectivity index (χ4n) is 1.28. The van der Waals surface area contributed by atoms with Crippen molar-refractivity contribution in [2.75, 3.05) is 6.54 Å². The maximum Gasteiger partial charge on any atom is 0.256 e. The van der Waals surface area contributed by atoms with Crippen LogP contribution in [0, 0.1) is 13.8 Å². The topological polar surface area (TPSA) is 101 Å². The van der Waals surface area contributed by atoms with E-state index in [1.54, 1.807) is 20.8 Å². The van der Waals surface area contributed by atoms with Crippen molar-refractivity contribution in [3.8, 4) is 0 Å². The monoisotopic (exact) mass is 227 g/mol. The molecule has 0 aliphatic heterocycles. The van der Waals surface area contributed by atoms with Crippen molar-refractivity contribution in [2.45, 2.75) is 32.9 Å². The number of hydrogen-bond acceptors (Lipinski definition) is 5. The van der Waals surface area contributed by atoms with Crippen LogP contribution < -0.4 is 11.1 Å². The number of carbonyl (C=O) groups excluding carboxylic acids is 1. The van der Waals surface area contributed by atoms with Crippen LogP contribution in [-0.2, 0) is 0 Å². The van der Waals surface area contributed by atoms with Crippen LogP contribution in [0.3, 0.4) is 0 Å². The van der Waals surface area contributed by atoms with Gasteiger partial charge in [0.15, 0.2) is 0 Å². The van der Waals surface area contributed by atoms with Crippen LogP contribution in [0.5, 0.6) is 0 Å². The largest absolute Gasteiger partial charge is 0.392 e. The van der Waals surface area contributed by atoms with Gasteiger partial charge in [-0.05, 0) is 20.8 Å². The van der Waals surface area contributed by atoms with Crippen molar-refractivity contribution in [3.05, 3.63) is 17.0 Å². The maximum absolute atomic E-state index is 11.7. The van der Waals surface area contributed by atoms with Gasteiger partial charge >= 0.3 is 0 Å². The molecule has 0 fully saturated rings. The van der Waals surface area contributed by atoms with E-state index in [9.17, 15) is 4.79 Å². The summed E-state index contributed by atoms with van der Waals surface area (Å²) in [6.07, 6.45) is -0.662. The predicted octanol–water partition coefficient (Wildman–Crippen LogP) is -0.271. The normalized spacial score (nSPS) is 14.6. The van der Waals surface area contributed by atoms with Gasteiger partial charge in [-0.3, -0.25) is 4.79 Å². The number of hydrogen-bond donors (Lipinski definition) is 3. The molecule has 1 aromatic rings. The minimum Gasteiger partial charge on any atom is -0.392 e. The Morgan fingerprint density at radius 2 is 2.25 bits per heavy atom. The summed E-state index contributed by atoms with van der Waals surface area (Å²) in [5.74, 6) is 0.188. The van der Waals surface area contributed by atoms with Crippen LogP contribution in [0.1, 0.15) is 28.7 Å². The van der Waals surface area contributed by atoms with Crippen LogP contribution in [0.2, 0.25) is 0 Å². The lowest BCUT2D eigenvalue weighted by Crippen LogP contribution is -2.43. The van der Waals surface area contributed by atoms with Gasteiger partial charge in [0.1, 0.15) is 11.3 Å². The smallest absolute Gasteiger partial charge is 0.256 e. The van der Waals surface area contributed by atoms with Crippen molar-refractivity contribution >= 4 is 5.91 Å². The zero-order valence-electron chi connectivity index (χ0n) is 9.65. The van der Waals surface area contributed by atoms with Gasteiger partial charge in [-0.25, -0.2) is 0 Å². The summed E-state index contributed by atoms with van der Waals surface area (Å²) in [6.45, 7) is 5.15. The van der Waals surface area contributed by atoms with E-state index in [-0.39, 0.29) is 12.5 Å². The number of amides is 1. The van der Waals surface area contributed by atoms with E-state index in [4.69, 9.17) is 15.4 Å². The molecular formula is C10H17N3O3. The van der Waals surface area contributed by atoms with Crippen LogP contribution >= 0.6 is 0 Å². The first-order valence-corrected chi connectivity index (χ1v) is 5.08. The van der Waals surface area contributed by atoms with Gasteiger partial charge in [-0.1, -0.05) is 5.16 Å². The molecular weight excluding hydrogens is 210 g/mol. The summed E-state index contributed by atoms with van der Waals surface area (Å²) in [6, 6.07) is -0.482. The first kappa shape index (κ1) is 12.7. The summed E-state index contributed by atoms with van der Waals surface area (Å²) in [7, 11) is 0. The van der Waals surface area contributed by atoms with Gasteiger partial charge in [0.2, 0.25) is 0 Å². The highest BCUT2D eigenvalue weighted by atomic mass is 16.5. The summed E-state index contributed by atoms with van der Waals surface area (Å²) < 4.78 is 4.88. The number of nitrogens with zero attached hydrogens (tertiary/aromatic N) is 1. The quantitative estimate of drug-likeness (QED) is 0.657. The molecule has 0 bridgehead atoms. The highest BCUT2D eigenvalue weighted by molar-refractivity contribution is 5.96. The van der Waals surface area contributed by atoms with Crippen molar-refractivity contribution < 1.29 is 14.4 Å². The Balaban J connectivity index is 2.60. The molecule has 6 heteroatoms. The molecule has 6 nitrogen and oxygen atoms in total. The summed E-state index contributed by atoms with van der Waals surface area (Å²) in [5.41, 5.74) is 6.56. The van der Waals surface area contributed by atoms with E-state index in [1.807, 2.05) is 0 Å². The first-order chi connectivity index (χ1) is 7.43. The number of aliphatic hydroxyl groups is 1. The highest BCUT2D eigenvalue weighted by Gasteiger charge is 2.18.